The van der Waals surface area contributed by atoms with Crippen molar-refractivity contribution in [1.82, 2.24) is 9.88 Å². The normalized spacial score (nSPS) is 10.6. The molecule has 0 bridgehead atoms. The number of nitrogens with zero attached hydrogens (tertiary/aromatic N) is 1. The van der Waals surface area contributed by atoms with Gasteiger partial charge in [-0.3, -0.25) is 4.79 Å². The Bertz CT molecular complexity index is 674. The number of nitrogens with one attached hydrogen (secondary N) is 1. The number of methoxy groups -OCH3 is 1. The molecule has 2 aromatic rings. The SMILES string of the molecule is COc1cccc(CCC(=O)NCCc2cc(C)n(C)c2C)c1. The number of carbonyl (C=O) groups is 1. The predicted octanol–water partition coefficient (Wildman–Crippen LogP) is 2.94. The van der Waals surface area contributed by atoms with Gasteiger partial charge in [0.2, 0.25) is 5.91 Å². The van der Waals surface area contributed by atoms with Gasteiger partial charge in [0.15, 0.2) is 0 Å². The standard InChI is InChI=1S/C19H26N2O2/c1-14-12-17(15(2)21(14)3)10-11-20-19(22)9-8-16-6-5-7-18(13-16)23-4/h5-7,12-13H,8-11H2,1-4H3,(H,20,22). The van der Waals surface area contributed by atoms with E-state index in [-0.39, 0.29) is 5.91 Å². The van der Waals surface area contributed by atoms with E-state index in [4.69, 9.17) is 4.74 Å². The Balaban J connectivity index is 1.75. The minimum atomic E-state index is 0.0955. The van der Waals surface area contributed by atoms with Crippen molar-refractivity contribution in [3.8, 4) is 5.75 Å². The molecule has 1 aromatic heterocycles. The van der Waals surface area contributed by atoms with Crippen LogP contribution >= 0.6 is 0 Å². The van der Waals surface area contributed by atoms with E-state index in [1.165, 1.54) is 17.0 Å². The summed E-state index contributed by atoms with van der Waals surface area (Å²) in [5.41, 5.74) is 4.95. The van der Waals surface area contributed by atoms with Gasteiger partial charge in [-0.05, 0) is 56.0 Å². The minimum Gasteiger partial charge on any atom is -0.497 e. The fourth-order valence-electron chi connectivity index (χ4n) is 2.70. The van der Waals surface area contributed by atoms with Crippen molar-refractivity contribution >= 4 is 5.91 Å². The Labute approximate surface area is 138 Å². The smallest absolute Gasteiger partial charge is 0.220 e. The van der Waals surface area contributed by atoms with Crippen molar-refractivity contribution in [2.45, 2.75) is 33.1 Å². The van der Waals surface area contributed by atoms with E-state index in [2.05, 4.69) is 36.8 Å². The molecule has 23 heavy (non-hydrogen) atoms. The highest BCUT2D eigenvalue weighted by Gasteiger charge is 2.07. The third kappa shape index (κ3) is 4.62. The van der Waals surface area contributed by atoms with Crippen molar-refractivity contribution in [3.63, 3.8) is 0 Å². The van der Waals surface area contributed by atoms with Gasteiger partial charge in [-0.2, -0.15) is 0 Å². The third-order valence-corrected chi connectivity index (χ3v) is 4.37. The Hall–Kier alpha value is -2.23. The summed E-state index contributed by atoms with van der Waals surface area (Å²) in [7, 11) is 3.72. The Morgan fingerprint density at radius 1 is 1.22 bits per heavy atom. The van der Waals surface area contributed by atoms with Crippen LogP contribution < -0.4 is 10.1 Å². The number of rotatable bonds is 7. The summed E-state index contributed by atoms with van der Waals surface area (Å²) in [6.07, 6.45) is 2.10. The third-order valence-electron chi connectivity index (χ3n) is 4.37. The number of carbonyl (C=O) groups excluding carboxylic acids is 1. The summed E-state index contributed by atoms with van der Waals surface area (Å²) in [5.74, 6) is 0.927. The fraction of sp³-hybridized carbons (Fsp3) is 0.421. The van der Waals surface area contributed by atoms with E-state index in [1.807, 2.05) is 24.3 Å². The summed E-state index contributed by atoms with van der Waals surface area (Å²) < 4.78 is 7.38. The molecule has 0 unspecified atom stereocenters. The van der Waals surface area contributed by atoms with Gasteiger partial charge in [-0.1, -0.05) is 12.1 Å². The number of benzene rings is 1. The van der Waals surface area contributed by atoms with Gasteiger partial charge in [-0.25, -0.2) is 0 Å². The number of hydrogen-bond donors (Lipinski definition) is 1. The predicted molar refractivity (Wildman–Crippen MR) is 92.9 cm³/mol. The molecule has 2 rings (SSSR count). The van der Waals surface area contributed by atoms with Crippen LogP contribution in [0.2, 0.25) is 0 Å². The number of ether oxygens (including phenoxy) is 1. The van der Waals surface area contributed by atoms with Crippen LogP contribution in [0.15, 0.2) is 30.3 Å². The monoisotopic (exact) mass is 314 g/mol. The molecule has 0 saturated heterocycles. The molecule has 0 aliphatic rings. The van der Waals surface area contributed by atoms with Crippen LogP contribution in [0.1, 0.15) is 28.9 Å². The maximum absolute atomic E-state index is 12.0. The highest BCUT2D eigenvalue weighted by atomic mass is 16.5. The molecule has 0 aliphatic heterocycles. The fourth-order valence-corrected chi connectivity index (χ4v) is 2.70. The summed E-state index contributed by atoms with van der Waals surface area (Å²) in [6, 6.07) is 10.0. The lowest BCUT2D eigenvalue weighted by Crippen LogP contribution is -2.26. The first-order chi connectivity index (χ1) is 11.0. The summed E-state index contributed by atoms with van der Waals surface area (Å²) in [4.78, 5) is 12.0. The van der Waals surface area contributed by atoms with Gasteiger partial charge in [-0.15, -0.1) is 0 Å². The molecule has 0 aliphatic carbocycles. The number of aromatic nitrogens is 1. The zero-order valence-corrected chi connectivity index (χ0v) is 14.5. The van der Waals surface area contributed by atoms with Crippen LogP contribution in [-0.2, 0) is 24.7 Å². The molecule has 1 heterocycles. The summed E-state index contributed by atoms with van der Waals surface area (Å²) in [5, 5.41) is 3.01. The number of hydrogen-bond acceptors (Lipinski definition) is 2. The van der Waals surface area contributed by atoms with E-state index >= 15 is 0 Å². The first-order valence-electron chi connectivity index (χ1n) is 8.02. The van der Waals surface area contributed by atoms with Gasteiger partial charge in [0.1, 0.15) is 5.75 Å². The summed E-state index contributed by atoms with van der Waals surface area (Å²) in [6.45, 7) is 4.90. The van der Waals surface area contributed by atoms with Crippen LogP contribution in [0, 0.1) is 13.8 Å². The Morgan fingerprint density at radius 2 is 2.00 bits per heavy atom. The van der Waals surface area contributed by atoms with Crippen LogP contribution in [0.4, 0.5) is 0 Å². The van der Waals surface area contributed by atoms with E-state index in [1.54, 1.807) is 7.11 Å². The van der Waals surface area contributed by atoms with Crippen molar-refractivity contribution in [2.24, 2.45) is 7.05 Å². The second kappa shape index (κ2) is 7.86. The van der Waals surface area contributed by atoms with Gasteiger partial charge in [0.05, 0.1) is 7.11 Å². The lowest BCUT2D eigenvalue weighted by atomic mass is 10.1. The molecule has 0 atom stereocenters. The molecule has 4 heteroatoms. The Morgan fingerprint density at radius 3 is 2.65 bits per heavy atom. The van der Waals surface area contributed by atoms with Gasteiger partial charge in [0, 0.05) is 31.4 Å². The number of aryl methyl sites for hydroxylation is 2. The van der Waals surface area contributed by atoms with Crippen LogP contribution in [0.3, 0.4) is 0 Å². The second-order valence-electron chi connectivity index (χ2n) is 5.91. The van der Waals surface area contributed by atoms with E-state index in [0.717, 1.165) is 24.2 Å². The maximum atomic E-state index is 12.0. The zero-order valence-electron chi connectivity index (χ0n) is 14.5. The quantitative estimate of drug-likeness (QED) is 0.854. The molecular formula is C19H26N2O2. The molecule has 0 fully saturated rings. The molecule has 1 aromatic carbocycles. The van der Waals surface area contributed by atoms with Crippen LogP contribution in [-0.4, -0.2) is 24.1 Å². The molecule has 1 N–H and O–H groups in total. The zero-order chi connectivity index (χ0) is 16.8. The van der Waals surface area contributed by atoms with E-state index in [9.17, 15) is 4.79 Å². The van der Waals surface area contributed by atoms with E-state index in [0.29, 0.717) is 13.0 Å². The van der Waals surface area contributed by atoms with Gasteiger partial charge in [0.25, 0.3) is 0 Å². The highest BCUT2D eigenvalue weighted by Crippen LogP contribution is 2.14. The average Bonchev–Trinajstić information content (AvgIpc) is 2.80. The lowest BCUT2D eigenvalue weighted by Gasteiger charge is -2.07. The average molecular weight is 314 g/mol. The number of amides is 1. The molecule has 1 amide bonds. The molecule has 0 saturated carbocycles. The Kier molecular flexibility index (Phi) is 5.85. The largest absolute Gasteiger partial charge is 0.497 e. The van der Waals surface area contributed by atoms with Crippen molar-refractivity contribution < 1.29 is 9.53 Å². The lowest BCUT2D eigenvalue weighted by molar-refractivity contribution is -0.121. The molecule has 124 valence electrons. The first-order valence-corrected chi connectivity index (χ1v) is 8.02. The van der Waals surface area contributed by atoms with Crippen LogP contribution in [0.5, 0.6) is 5.75 Å². The minimum absolute atomic E-state index is 0.0955. The molecular weight excluding hydrogens is 288 g/mol. The highest BCUT2D eigenvalue weighted by molar-refractivity contribution is 5.76. The summed E-state index contributed by atoms with van der Waals surface area (Å²) >= 11 is 0. The van der Waals surface area contributed by atoms with Gasteiger partial charge < -0.3 is 14.6 Å². The topological polar surface area (TPSA) is 43.3 Å². The molecule has 0 spiro atoms. The molecule has 4 nitrogen and oxygen atoms in total. The molecule has 0 radical (unpaired) electrons. The first kappa shape index (κ1) is 17.1. The van der Waals surface area contributed by atoms with Crippen molar-refractivity contribution in [3.05, 3.63) is 52.8 Å². The van der Waals surface area contributed by atoms with E-state index < -0.39 is 0 Å². The van der Waals surface area contributed by atoms with Crippen LogP contribution in [0.25, 0.3) is 0 Å². The van der Waals surface area contributed by atoms with Gasteiger partial charge >= 0.3 is 0 Å². The maximum Gasteiger partial charge on any atom is 0.220 e. The van der Waals surface area contributed by atoms with Crippen molar-refractivity contribution in [1.29, 1.82) is 0 Å². The second-order valence-corrected chi connectivity index (χ2v) is 5.91. The van der Waals surface area contributed by atoms with Crippen molar-refractivity contribution in [2.75, 3.05) is 13.7 Å².